The van der Waals surface area contributed by atoms with E-state index in [0.29, 0.717) is 11.4 Å². The molecule has 5 heteroatoms. The maximum Gasteiger partial charge on any atom is 3.00 e. The number of benzene rings is 3. The molecule has 4 aromatic rings. The SMILES string of the molecule is Fc1ccc(-c2nc3ccccc3nc2-c2ccc(F)cc2)cc1.[Ru+3]. The Morgan fingerprint density at radius 1 is 0.520 bits per heavy atom. The van der Waals surface area contributed by atoms with Crippen LogP contribution in [0, 0.1) is 11.6 Å². The number of halogens is 2. The van der Waals surface area contributed by atoms with Gasteiger partial charge < -0.3 is 0 Å². The predicted octanol–water partition coefficient (Wildman–Crippen LogP) is 5.24. The Bertz CT molecular complexity index is 932. The number of fused-ring (bicyclic) bond motifs is 1. The van der Waals surface area contributed by atoms with Crippen molar-refractivity contribution in [1.29, 1.82) is 0 Å². The third-order valence-electron chi connectivity index (χ3n) is 3.81. The number of nitrogens with zero attached hydrogens (tertiary/aromatic N) is 2. The first-order valence-electron chi connectivity index (χ1n) is 7.49. The Morgan fingerprint density at radius 3 is 1.24 bits per heavy atom. The van der Waals surface area contributed by atoms with Gasteiger partial charge in [0.25, 0.3) is 0 Å². The molecule has 0 saturated carbocycles. The van der Waals surface area contributed by atoms with Gasteiger partial charge in [-0.15, -0.1) is 0 Å². The summed E-state index contributed by atoms with van der Waals surface area (Å²) in [6.07, 6.45) is 0. The van der Waals surface area contributed by atoms with Crippen LogP contribution in [-0.2, 0) is 19.5 Å². The first-order valence-corrected chi connectivity index (χ1v) is 7.49. The summed E-state index contributed by atoms with van der Waals surface area (Å²) in [6.45, 7) is 0. The molecule has 0 aliphatic rings. The van der Waals surface area contributed by atoms with E-state index >= 15 is 0 Å². The van der Waals surface area contributed by atoms with E-state index in [-0.39, 0.29) is 31.1 Å². The molecule has 3 aromatic carbocycles. The summed E-state index contributed by atoms with van der Waals surface area (Å²) in [5, 5.41) is 0. The van der Waals surface area contributed by atoms with Gasteiger partial charge in [-0.25, -0.2) is 18.7 Å². The van der Waals surface area contributed by atoms with Crippen molar-refractivity contribution in [1.82, 2.24) is 9.97 Å². The van der Waals surface area contributed by atoms with Crippen molar-refractivity contribution < 1.29 is 28.3 Å². The average molecular weight is 419 g/mol. The summed E-state index contributed by atoms with van der Waals surface area (Å²) < 4.78 is 26.5. The van der Waals surface area contributed by atoms with Crippen LogP contribution in [-0.4, -0.2) is 9.97 Å². The number of aromatic nitrogens is 2. The van der Waals surface area contributed by atoms with Crippen molar-refractivity contribution in [3.8, 4) is 22.5 Å². The molecule has 0 amide bonds. The van der Waals surface area contributed by atoms with Crippen molar-refractivity contribution in [2.45, 2.75) is 0 Å². The van der Waals surface area contributed by atoms with E-state index in [4.69, 9.17) is 9.97 Å². The Balaban J connectivity index is 0.00000182. The predicted molar refractivity (Wildman–Crippen MR) is 90.3 cm³/mol. The summed E-state index contributed by atoms with van der Waals surface area (Å²) in [5.74, 6) is -0.619. The third kappa shape index (κ3) is 3.47. The fourth-order valence-electron chi connectivity index (χ4n) is 2.62. The van der Waals surface area contributed by atoms with Crippen molar-refractivity contribution >= 4 is 11.0 Å². The van der Waals surface area contributed by atoms with Gasteiger partial charge in [-0.1, -0.05) is 12.1 Å². The fourth-order valence-corrected chi connectivity index (χ4v) is 2.62. The molecule has 0 spiro atoms. The van der Waals surface area contributed by atoms with Crippen LogP contribution in [0.3, 0.4) is 0 Å². The summed E-state index contributed by atoms with van der Waals surface area (Å²) in [7, 11) is 0. The molecule has 0 fully saturated rings. The molecule has 0 atom stereocenters. The fraction of sp³-hybridized carbons (Fsp3) is 0. The number of hydrogen-bond donors (Lipinski definition) is 0. The second-order valence-corrected chi connectivity index (χ2v) is 5.42. The first kappa shape index (κ1) is 17.3. The third-order valence-corrected chi connectivity index (χ3v) is 3.81. The van der Waals surface area contributed by atoms with Crippen molar-refractivity contribution in [3.63, 3.8) is 0 Å². The molecule has 0 aliphatic carbocycles. The average Bonchev–Trinajstić information content (AvgIpc) is 2.62. The van der Waals surface area contributed by atoms with E-state index in [1.807, 2.05) is 24.3 Å². The van der Waals surface area contributed by atoms with Gasteiger partial charge in [0.15, 0.2) is 0 Å². The molecule has 121 valence electrons. The van der Waals surface area contributed by atoms with Gasteiger partial charge in [0, 0.05) is 11.1 Å². The van der Waals surface area contributed by atoms with E-state index in [0.717, 1.165) is 22.2 Å². The van der Waals surface area contributed by atoms with Crippen LogP contribution in [0.15, 0.2) is 72.8 Å². The molecule has 0 saturated heterocycles. The Hall–Kier alpha value is -2.52. The van der Waals surface area contributed by atoms with Crippen LogP contribution < -0.4 is 0 Å². The van der Waals surface area contributed by atoms with Crippen LogP contribution in [0.25, 0.3) is 33.5 Å². The Kier molecular flexibility index (Phi) is 4.96. The Morgan fingerprint density at radius 2 is 0.880 bits per heavy atom. The topological polar surface area (TPSA) is 25.8 Å². The maximum absolute atomic E-state index is 13.2. The van der Waals surface area contributed by atoms with Crippen LogP contribution in [0.1, 0.15) is 0 Å². The van der Waals surface area contributed by atoms with Gasteiger partial charge in [-0.05, 0) is 60.7 Å². The summed E-state index contributed by atoms with van der Waals surface area (Å²) in [5.41, 5.74) is 4.30. The molecule has 2 nitrogen and oxygen atoms in total. The second kappa shape index (κ2) is 7.16. The van der Waals surface area contributed by atoms with E-state index in [1.54, 1.807) is 24.3 Å². The molecule has 4 rings (SSSR count). The van der Waals surface area contributed by atoms with E-state index in [1.165, 1.54) is 24.3 Å². The quantitative estimate of drug-likeness (QED) is 0.416. The monoisotopic (exact) mass is 420 g/mol. The molecule has 1 heterocycles. The van der Waals surface area contributed by atoms with Gasteiger partial charge in [0.05, 0.1) is 22.4 Å². The molecule has 0 unspecified atom stereocenters. The minimum atomic E-state index is -0.309. The molecular weight excluding hydrogens is 407 g/mol. The first-order chi connectivity index (χ1) is 11.7. The maximum atomic E-state index is 13.2. The molecule has 25 heavy (non-hydrogen) atoms. The molecule has 0 aliphatic heterocycles. The van der Waals surface area contributed by atoms with Crippen molar-refractivity contribution in [3.05, 3.63) is 84.4 Å². The largest absolute Gasteiger partial charge is 3.00 e. The summed E-state index contributed by atoms with van der Waals surface area (Å²) in [6, 6.07) is 19.8. The van der Waals surface area contributed by atoms with Crippen molar-refractivity contribution in [2.75, 3.05) is 0 Å². The number of rotatable bonds is 2. The normalized spacial score (nSPS) is 10.5. The zero-order valence-electron chi connectivity index (χ0n) is 12.9. The summed E-state index contributed by atoms with van der Waals surface area (Å²) >= 11 is 0. The zero-order chi connectivity index (χ0) is 16.5. The van der Waals surface area contributed by atoms with Crippen LogP contribution >= 0.6 is 0 Å². The molecule has 1 radical (unpaired) electrons. The van der Waals surface area contributed by atoms with Crippen molar-refractivity contribution in [2.24, 2.45) is 0 Å². The minimum Gasteiger partial charge on any atom is -0.244 e. The van der Waals surface area contributed by atoms with E-state index in [2.05, 4.69) is 0 Å². The smallest absolute Gasteiger partial charge is 0.244 e. The minimum absolute atomic E-state index is 0. The zero-order valence-corrected chi connectivity index (χ0v) is 14.7. The standard InChI is InChI=1S/C20H12F2N2.Ru/c21-15-9-5-13(6-10-15)19-20(14-7-11-16(22)12-8-14)24-18-4-2-1-3-17(18)23-19;/h1-12H;/q;+3. The van der Waals surface area contributed by atoms with Crippen LogP contribution in [0.4, 0.5) is 8.78 Å². The van der Waals surface area contributed by atoms with Gasteiger partial charge >= 0.3 is 19.5 Å². The van der Waals surface area contributed by atoms with Gasteiger partial charge in [-0.3, -0.25) is 0 Å². The molecule has 0 N–H and O–H groups in total. The van der Waals surface area contributed by atoms with Gasteiger partial charge in [-0.2, -0.15) is 0 Å². The molecule has 1 aromatic heterocycles. The van der Waals surface area contributed by atoms with E-state index in [9.17, 15) is 8.78 Å². The number of hydrogen-bond acceptors (Lipinski definition) is 2. The van der Waals surface area contributed by atoms with Gasteiger partial charge in [0.1, 0.15) is 11.6 Å². The molecular formula is C20H12F2N2Ru+3. The van der Waals surface area contributed by atoms with Crippen LogP contribution in [0.5, 0.6) is 0 Å². The molecule has 0 bridgehead atoms. The van der Waals surface area contributed by atoms with E-state index < -0.39 is 0 Å². The number of para-hydroxylation sites is 2. The Labute approximate surface area is 156 Å². The van der Waals surface area contributed by atoms with Crippen LogP contribution in [0.2, 0.25) is 0 Å². The second-order valence-electron chi connectivity index (χ2n) is 5.42. The summed E-state index contributed by atoms with van der Waals surface area (Å²) in [4.78, 5) is 9.39. The van der Waals surface area contributed by atoms with Gasteiger partial charge in [0.2, 0.25) is 0 Å².